The molecule has 0 amide bonds. The predicted octanol–water partition coefficient (Wildman–Crippen LogP) is 2.21. The molecule has 20 heavy (non-hydrogen) atoms. The normalized spacial score (nSPS) is 10.5. The quantitative estimate of drug-likeness (QED) is 0.888. The van der Waals surface area contributed by atoms with Crippen LogP contribution in [0.5, 0.6) is 0 Å². The van der Waals surface area contributed by atoms with Crippen LogP contribution in [0.1, 0.15) is 18.9 Å². The minimum absolute atomic E-state index is 0.302. The molecule has 2 N–H and O–H groups in total. The summed E-state index contributed by atoms with van der Waals surface area (Å²) in [5.41, 5.74) is 0.272. The van der Waals surface area contributed by atoms with Crippen molar-refractivity contribution in [3.8, 4) is 0 Å². The zero-order valence-electron chi connectivity index (χ0n) is 11.1. The SMILES string of the molecule is CCCn1c(=O)cc(NCc2cccc(Cl)c2)[nH]c1=O. The van der Waals surface area contributed by atoms with E-state index in [1.807, 2.05) is 25.1 Å². The molecule has 0 fully saturated rings. The van der Waals surface area contributed by atoms with Crippen LogP contribution in [0.4, 0.5) is 5.82 Å². The summed E-state index contributed by atoms with van der Waals surface area (Å²) in [5, 5.41) is 3.66. The second-order valence-corrected chi connectivity index (χ2v) is 4.90. The molecule has 1 heterocycles. The van der Waals surface area contributed by atoms with E-state index >= 15 is 0 Å². The highest BCUT2D eigenvalue weighted by atomic mass is 35.5. The zero-order chi connectivity index (χ0) is 14.5. The van der Waals surface area contributed by atoms with Gasteiger partial charge < -0.3 is 5.32 Å². The molecule has 0 radical (unpaired) electrons. The second-order valence-electron chi connectivity index (χ2n) is 4.46. The first-order valence-corrected chi connectivity index (χ1v) is 6.80. The van der Waals surface area contributed by atoms with Crippen molar-refractivity contribution in [1.82, 2.24) is 9.55 Å². The molecule has 0 aliphatic rings. The Morgan fingerprint density at radius 3 is 2.75 bits per heavy atom. The fourth-order valence-electron chi connectivity index (χ4n) is 1.90. The Balaban J connectivity index is 2.15. The van der Waals surface area contributed by atoms with Crippen molar-refractivity contribution in [2.75, 3.05) is 5.32 Å². The standard InChI is InChI=1S/C14H16ClN3O2/c1-2-6-18-13(19)8-12(17-14(18)20)16-9-10-4-3-5-11(15)7-10/h3-5,7-8,16H,2,6,9H2,1H3,(H,17,20). The summed E-state index contributed by atoms with van der Waals surface area (Å²) >= 11 is 5.89. The number of benzene rings is 1. The van der Waals surface area contributed by atoms with Crippen molar-refractivity contribution in [3.63, 3.8) is 0 Å². The van der Waals surface area contributed by atoms with E-state index in [4.69, 9.17) is 11.6 Å². The van der Waals surface area contributed by atoms with E-state index in [0.717, 1.165) is 12.0 Å². The number of aromatic amines is 1. The first kappa shape index (κ1) is 14.4. The number of nitrogens with zero attached hydrogens (tertiary/aromatic N) is 1. The molecule has 1 aromatic carbocycles. The molecule has 0 atom stereocenters. The van der Waals surface area contributed by atoms with E-state index in [9.17, 15) is 9.59 Å². The van der Waals surface area contributed by atoms with Gasteiger partial charge in [-0.1, -0.05) is 30.7 Å². The van der Waals surface area contributed by atoms with Gasteiger partial charge in [0.05, 0.1) is 0 Å². The smallest absolute Gasteiger partial charge is 0.329 e. The van der Waals surface area contributed by atoms with E-state index in [1.54, 1.807) is 6.07 Å². The van der Waals surface area contributed by atoms with Crippen molar-refractivity contribution < 1.29 is 0 Å². The Labute approximate surface area is 121 Å². The van der Waals surface area contributed by atoms with Crippen LogP contribution in [0, 0.1) is 0 Å². The number of anilines is 1. The Morgan fingerprint density at radius 2 is 2.10 bits per heavy atom. The minimum atomic E-state index is -0.395. The summed E-state index contributed by atoms with van der Waals surface area (Å²) in [5.74, 6) is 0.410. The molecular formula is C14H16ClN3O2. The number of hydrogen-bond donors (Lipinski definition) is 2. The first-order valence-electron chi connectivity index (χ1n) is 6.42. The summed E-state index contributed by atoms with van der Waals surface area (Å²) < 4.78 is 1.19. The molecule has 0 aliphatic carbocycles. The van der Waals surface area contributed by atoms with Gasteiger partial charge in [0.1, 0.15) is 5.82 Å². The fraction of sp³-hybridized carbons (Fsp3) is 0.286. The van der Waals surface area contributed by atoms with Crippen LogP contribution in [-0.2, 0) is 13.1 Å². The molecule has 2 rings (SSSR count). The Morgan fingerprint density at radius 1 is 1.30 bits per heavy atom. The average molecular weight is 294 g/mol. The lowest BCUT2D eigenvalue weighted by Gasteiger charge is -2.08. The van der Waals surface area contributed by atoms with Crippen molar-refractivity contribution in [1.29, 1.82) is 0 Å². The fourth-order valence-corrected chi connectivity index (χ4v) is 2.11. The van der Waals surface area contributed by atoms with Crippen LogP contribution >= 0.6 is 11.6 Å². The van der Waals surface area contributed by atoms with Crippen LogP contribution in [-0.4, -0.2) is 9.55 Å². The Hall–Kier alpha value is -2.01. The van der Waals surface area contributed by atoms with Crippen LogP contribution in [0.25, 0.3) is 0 Å². The third kappa shape index (κ3) is 3.51. The highest BCUT2D eigenvalue weighted by molar-refractivity contribution is 6.30. The van der Waals surface area contributed by atoms with Gasteiger partial charge in [-0.2, -0.15) is 0 Å². The zero-order valence-corrected chi connectivity index (χ0v) is 11.9. The summed E-state index contributed by atoms with van der Waals surface area (Å²) in [6, 6.07) is 8.77. The molecule has 1 aromatic heterocycles. The lowest BCUT2D eigenvalue weighted by Crippen LogP contribution is -2.35. The van der Waals surface area contributed by atoms with Gasteiger partial charge >= 0.3 is 5.69 Å². The molecular weight excluding hydrogens is 278 g/mol. The van der Waals surface area contributed by atoms with Crippen LogP contribution in [0.15, 0.2) is 39.9 Å². The molecule has 0 bridgehead atoms. The molecule has 0 saturated carbocycles. The number of halogens is 1. The summed E-state index contributed by atoms with van der Waals surface area (Å²) in [7, 11) is 0. The van der Waals surface area contributed by atoms with Gasteiger partial charge in [0, 0.05) is 24.2 Å². The highest BCUT2D eigenvalue weighted by Gasteiger charge is 2.03. The molecule has 0 saturated heterocycles. The molecule has 0 spiro atoms. The first-order chi connectivity index (χ1) is 9.60. The van der Waals surface area contributed by atoms with E-state index in [-0.39, 0.29) is 5.56 Å². The molecule has 2 aromatic rings. The monoisotopic (exact) mass is 293 g/mol. The van der Waals surface area contributed by atoms with Crippen LogP contribution in [0.3, 0.4) is 0 Å². The topological polar surface area (TPSA) is 66.9 Å². The van der Waals surface area contributed by atoms with Gasteiger partial charge in [-0.15, -0.1) is 0 Å². The lowest BCUT2D eigenvalue weighted by molar-refractivity contribution is 0.616. The number of nitrogens with one attached hydrogen (secondary N) is 2. The summed E-state index contributed by atoms with van der Waals surface area (Å²) in [6.07, 6.45) is 0.734. The Bertz CT molecular complexity index is 675. The van der Waals surface area contributed by atoms with Crippen LogP contribution in [0.2, 0.25) is 5.02 Å². The van der Waals surface area contributed by atoms with Gasteiger partial charge in [0.2, 0.25) is 0 Å². The van der Waals surface area contributed by atoms with E-state index in [0.29, 0.717) is 23.9 Å². The highest BCUT2D eigenvalue weighted by Crippen LogP contribution is 2.11. The maximum absolute atomic E-state index is 11.8. The average Bonchev–Trinajstić information content (AvgIpc) is 2.41. The molecule has 106 valence electrons. The van der Waals surface area contributed by atoms with E-state index < -0.39 is 5.69 Å². The van der Waals surface area contributed by atoms with Gasteiger partial charge in [-0.05, 0) is 24.1 Å². The van der Waals surface area contributed by atoms with E-state index in [2.05, 4.69) is 10.3 Å². The van der Waals surface area contributed by atoms with Gasteiger partial charge in [0.15, 0.2) is 0 Å². The van der Waals surface area contributed by atoms with Gasteiger partial charge in [-0.25, -0.2) is 4.79 Å². The minimum Gasteiger partial charge on any atom is -0.367 e. The number of rotatable bonds is 5. The van der Waals surface area contributed by atoms with Crippen molar-refractivity contribution in [3.05, 3.63) is 61.8 Å². The molecule has 0 aliphatic heterocycles. The maximum Gasteiger partial charge on any atom is 0.329 e. The molecule has 6 heteroatoms. The predicted molar refractivity (Wildman–Crippen MR) is 80.4 cm³/mol. The van der Waals surface area contributed by atoms with Crippen molar-refractivity contribution >= 4 is 17.4 Å². The molecule has 5 nitrogen and oxygen atoms in total. The lowest BCUT2D eigenvalue weighted by atomic mass is 10.2. The third-order valence-electron chi connectivity index (χ3n) is 2.84. The number of hydrogen-bond acceptors (Lipinski definition) is 3. The third-order valence-corrected chi connectivity index (χ3v) is 3.07. The van der Waals surface area contributed by atoms with Gasteiger partial charge in [-0.3, -0.25) is 14.3 Å². The largest absolute Gasteiger partial charge is 0.367 e. The number of H-pyrrole nitrogens is 1. The molecule has 0 unspecified atom stereocenters. The Kier molecular flexibility index (Phi) is 4.63. The van der Waals surface area contributed by atoms with Crippen molar-refractivity contribution in [2.45, 2.75) is 26.4 Å². The van der Waals surface area contributed by atoms with Crippen molar-refractivity contribution in [2.24, 2.45) is 0 Å². The summed E-state index contributed by atoms with van der Waals surface area (Å²) in [4.78, 5) is 26.2. The number of aromatic nitrogens is 2. The van der Waals surface area contributed by atoms with E-state index in [1.165, 1.54) is 10.6 Å². The second kappa shape index (κ2) is 6.43. The summed E-state index contributed by atoms with van der Waals surface area (Å²) in [6.45, 7) is 2.81. The maximum atomic E-state index is 11.8. The van der Waals surface area contributed by atoms with Crippen LogP contribution < -0.4 is 16.6 Å². The van der Waals surface area contributed by atoms with Gasteiger partial charge in [0.25, 0.3) is 5.56 Å².